The van der Waals surface area contributed by atoms with Crippen LogP contribution in [-0.4, -0.2) is 19.2 Å². The monoisotopic (exact) mass is 501 g/mol. The Balaban J connectivity index is 1.55. The number of anilines is 2. The van der Waals surface area contributed by atoms with Crippen LogP contribution >= 0.6 is 0 Å². The zero-order valence-electron chi connectivity index (χ0n) is 21.0. The van der Waals surface area contributed by atoms with Crippen LogP contribution in [0.15, 0.2) is 140 Å². The molecule has 0 unspecified atom stereocenters. The maximum Gasteiger partial charge on any atom is 0.117 e. The zero-order chi connectivity index (χ0) is 25.8. The van der Waals surface area contributed by atoms with Gasteiger partial charge in [-0.1, -0.05) is 72.8 Å². The summed E-state index contributed by atoms with van der Waals surface area (Å²) in [5, 5.41) is 3.37. The average Bonchev–Trinajstić information content (AvgIpc) is 3.50. The molecule has 0 aliphatic carbocycles. The second-order valence-corrected chi connectivity index (χ2v) is 9.58. The molecule has 8 rings (SSSR count). The van der Waals surface area contributed by atoms with E-state index in [0.717, 1.165) is 61.1 Å². The number of nitrogens with zero attached hydrogens (tertiary/aromatic N) is 5. The summed E-state index contributed by atoms with van der Waals surface area (Å²) in [5.41, 5.74) is 10.1. The van der Waals surface area contributed by atoms with Crippen LogP contribution < -0.4 is 5.01 Å². The molecule has 5 nitrogen and oxygen atoms in total. The van der Waals surface area contributed by atoms with Crippen LogP contribution in [0.1, 0.15) is 0 Å². The highest BCUT2D eigenvalue weighted by Crippen LogP contribution is 2.38. The van der Waals surface area contributed by atoms with Crippen molar-refractivity contribution < 1.29 is 0 Å². The van der Waals surface area contributed by atoms with Gasteiger partial charge in [0.1, 0.15) is 11.0 Å². The van der Waals surface area contributed by atoms with Crippen LogP contribution in [-0.2, 0) is 0 Å². The minimum absolute atomic E-state index is 0.878. The van der Waals surface area contributed by atoms with Gasteiger partial charge in [0.05, 0.1) is 39.0 Å². The minimum Gasteiger partial charge on any atom is -0.308 e. The van der Waals surface area contributed by atoms with E-state index in [2.05, 4.69) is 130 Å². The maximum absolute atomic E-state index is 5.34. The lowest BCUT2D eigenvalue weighted by Crippen LogP contribution is -2.24. The molecule has 4 aromatic heterocycles. The number of rotatable bonds is 4. The Kier molecular flexibility index (Phi) is 4.76. The van der Waals surface area contributed by atoms with Gasteiger partial charge in [0.15, 0.2) is 0 Å². The van der Waals surface area contributed by atoms with Gasteiger partial charge in [0, 0.05) is 17.3 Å². The highest BCUT2D eigenvalue weighted by Gasteiger charge is 2.23. The summed E-state index contributed by atoms with van der Waals surface area (Å²) in [6, 6.07) is 46.3. The van der Waals surface area contributed by atoms with Crippen LogP contribution in [0.4, 0.5) is 11.4 Å². The molecule has 0 aliphatic heterocycles. The molecular formula is C34H23N5. The van der Waals surface area contributed by atoms with Crippen LogP contribution in [0.5, 0.6) is 0 Å². The summed E-state index contributed by atoms with van der Waals surface area (Å²) >= 11 is 0. The molecule has 0 saturated carbocycles. The molecule has 0 bridgehead atoms. The van der Waals surface area contributed by atoms with E-state index in [4.69, 9.17) is 9.97 Å². The molecule has 5 heteroatoms. The fourth-order valence-corrected chi connectivity index (χ4v) is 5.66. The fourth-order valence-electron chi connectivity index (χ4n) is 5.66. The first kappa shape index (κ1) is 21.6. The van der Waals surface area contributed by atoms with Gasteiger partial charge in [-0.05, 0) is 60.7 Å². The van der Waals surface area contributed by atoms with Crippen molar-refractivity contribution in [2.45, 2.75) is 0 Å². The molecule has 8 aromatic rings. The van der Waals surface area contributed by atoms with Crippen molar-refractivity contribution in [1.82, 2.24) is 19.2 Å². The number of hydrogen-bond donors (Lipinski definition) is 0. The van der Waals surface area contributed by atoms with Gasteiger partial charge < -0.3 is 4.57 Å². The van der Waals surface area contributed by atoms with E-state index in [1.165, 1.54) is 0 Å². The third-order valence-electron chi connectivity index (χ3n) is 7.31. The number of benzene rings is 4. The van der Waals surface area contributed by atoms with Crippen LogP contribution in [0.3, 0.4) is 0 Å². The molecule has 4 heterocycles. The quantitative estimate of drug-likeness (QED) is 0.244. The summed E-state index contributed by atoms with van der Waals surface area (Å²) in [7, 11) is 0. The molecule has 0 amide bonds. The second-order valence-electron chi connectivity index (χ2n) is 9.58. The Labute approximate surface area is 224 Å². The molecule has 4 aromatic carbocycles. The normalized spacial score (nSPS) is 11.6. The lowest BCUT2D eigenvalue weighted by molar-refractivity contribution is 0.885. The molecular weight excluding hydrogens is 478 g/mol. The van der Waals surface area contributed by atoms with Crippen molar-refractivity contribution in [1.29, 1.82) is 0 Å². The first-order chi connectivity index (χ1) is 19.4. The summed E-state index contributed by atoms with van der Waals surface area (Å²) in [6.07, 6.45) is 1.85. The molecule has 0 N–H and O–H groups in total. The van der Waals surface area contributed by atoms with E-state index < -0.39 is 0 Å². The predicted octanol–water partition coefficient (Wildman–Crippen LogP) is 8.28. The van der Waals surface area contributed by atoms with Gasteiger partial charge in [0.25, 0.3) is 0 Å². The van der Waals surface area contributed by atoms with Crippen molar-refractivity contribution in [3.63, 3.8) is 0 Å². The molecule has 184 valence electrons. The Morgan fingerprint density at radius 2 is 1.10 bits per heavy atom. The van der Waals surface area contributed by atoms with E-state index in [1.807, 2.05) is 24.4 Å². The second kappa shape index (κ2) is 8.57. The Bertz CT molecular complexity index is 2070. The van der Waals surface area contributed by atoms with Gasteiger partial charge in [-0.3, -0.25) is 4.98 Å². The standard InChI is InChI=1S/C34H23N5/c1-4-13-24(14-5-1)37-28-20-11-10-19-27(28)32-30(37)23-31-34(36-32)33-29(21-12-22-35-33)39(31)38(25-15-6-2-7-16-25)26-17-8-3-9-18-26/h1-23H. The number of para-hydroxylation sites is 4. The largest absolute Gasteiger partial charge is 0.308 e. The summed E-state index contributed by atoms with van der Waals surface area (Å²) < 4.78 is 4.56. The van der Waals surface area contributed by atoms with Gasteiger partial charge in [-0.2, -0.15) is 0 Å². The van der Waals surface area contributed by atoms with Crippen molar-refractivity contribution in [2.24, 2.45) is 0 Å². The Morgan fingerprint density at radius 3 is 1.82 bits per heavy atom. The van der Waals surface area contributed by atoms with Crippen molar-refractivity contribution in [2.75, 3.05) is 5.01 Å². The number of fused-ring (bicyclic) bond motifs is 6. The molecule has 0 fully saturated rings. The lowest BCUT2D eigenvalue weighted by atomic mass is 10.2. The first-order valence-corrected chi connectivity index (χ1v) is 13.0. The summed E-state index contributed by atoms with van der Waals surface area (Å²) in [5.74, 6) is 0. The van der Waals surface area contributed by atoms with Gasteiger partial charge in [-0.25, -0.2) is 14.7 Å². The third kappa shape index (κ3) is 3.27. The molecule has 0 atom stereocenters. The lowest BCUT2D eigenvalue weighted by Gasteiger charge is -2.28. The highest BCUT2D eigenvalue weighted by atomic mass is 15.6. The summed E-state index contributed by atoms with van der Waals surface area (Å²) in [4.78, 5) is 10.2. The predicted molar refractivity (Wildman–Crippen MR) is 160 cm³/mol. The van der Waals surface area contributed by atoms with E-state index >= 15 is 0 Å². The first-order valence-electron chi connectivity index (χ1n) is 13.0. The third-order valence-corrected chi connectivity index (χ3v) is 7.31. The topological polar surface area (TPSA) is 38.9 Å². The van der Waals surface area contributed by atoms with E-state index in [0.29, 0.717) is 0 Å². The van der Waals surface area contributed by atoms with Crippen molar-refractivity contribution in [3.8, 4) is 5.69 Å². The number of pyridine rings is 2. The van der Waals surface area contributed by atoms with Crippen molar-refractivity contribution in [3.05, 3.63) is 140 Å². The van der Waals surface area contributed by atoms with Crippen LogP contribution in [0.2, 0.25) is 0 Å². The smallest absolute Gasteiger partial charge is 0.117 e. The minimum atomic E-state index is 0.878. The van der Waals surface area contributed by atoms with E-state index in [-0.39, 0.29) is 0 Å². The summed E-state index contributed by atoms with van der Waals surface area (Å²) in [6.45, 7) is 0. The molecule has 39 heavy (non-hydrogen) atoms. The van der Waals surface area contributed by atoms with Gasteiger partial charge >= 0.3 is 0 Å². The van der Waals surface area contributed by atoms with Crippen LogP contribution in [0.25, 0.3) is 49.7 Å². The Hall–Kier alpha value is -5.42. The molecule has 0 aliphatic rings. The Morgan fingerprint density at radius 1 is 0.487 bits per heavy atom. The van der Waals surface area contributed by atoms with Gasteiger partial charge in [0.2, 0.25) is 0 Å². The van der Waals surface area contributed by atoms with Gasteiger partial charge in [-0.15, -0.1) is 0 Å². The molecule has 0 saturated heterocycles. The van der Waals surface area contributed by atoms with Crippen molar-refractivity contribution >= 4 is 55.4 Å². The zero-order valence-corrected chi connectivity index (χ0v) is 21.0. The maximum atomic E-state index is 5.34. The van der Waals surface area contributed by atoms with Crippen LogP contribution in [0, 0.1) is 0 Å². The molecule has 0 radical (unpaired) electrons. The number of hydrogen-bond acceptors (Lipinski definition) is 3. The van der Waals surface area contributed by atoms with E-state index in [1.54, 1.807) is 0 Å². The SMILES string of the molecule is c1ccc(N(c2ccccc2)n2c3cccnc3c3nc4c5ccccc5n(-c5ccccc5)c4cc32)cc1. The number of aromatic nitrogens is 4. The van der Waals surface area contributed by atoms with E-state index in [9.17, 15) is 0 Å². The highest BCUT2D eigenvalue weighted by molar-refractivity contribution is 6.14. The molecule has 0 spiro atoms. The fraction of sp³-hybridized carbons (Fsp3) is 0. The average molecular weight is 502 g/mol.